The van der Waals surface area contributed by atoms with Gasteiger partial charge in [-0.3, -0.25) is 19.5 Å². The fourth-order valence-corrected chi connectivity index (χ4v) is 3.63. The van der Waals surface area contributed by atoms with Gasteiger partial charge >= 0.3 is 0 Å². The third-order valence-corrected chi connectivity index (χ3v) is 5.17. The molecule has 0 spiro atoms. The van der Waals surface area contributed by atoms with Crippen LogP contribution in [0.4, 0.5) is 0 Å². The predicted octanol–water partition coefficient (Wildman–Crippen LogP) is 2.18. The van der Waals surface area contributed by atoms with Gasteiger partial charge in [0, 0.05) is 43.8 Å². The van der Waals surface area contributed by atoms with Crippen LogP contribution in [0.5, 0.6) is 0 Å². The first kappa shape index (κ1) is 16.7. The van der Waals surface area contributed by atoms with Crippen LogP contribution in [-0.4, -0.2) is 50.9 Å². The maximum absolute atomic E-state index is 12.9. The topological polar surface area (TPSA) is 63.4 Å². The van der Waals surface area contributed by atoms with Gasteiger partial charge < -0.3 is 4.90 Å². The van der Waals surface area contributed by atoms with Crippen molar-refractivity contribution in [3.8, 4) is 0 Å². The summed E-state index contributed by atoms with van der Waals surface area (Å²) in [6.07, 6.45) is 6.85. The Balaban J connectivity index is 1.49. The molecular weight excluding hydrogens is 326 g/mol. The van der Waals surface area contributed by atoms with E-state index in [9.17, 15) is 4.79 Å². The van der Waals surface area contributed by atoms with Crippen molar-refractivity contribution < 1.29 is 4.79 Å². The average molecular weight is 349 g/mol. The Kier molecular flexibility index (Phi) is 4.41. The van der Waals surface area contributed by atoms with Gasteiger partial charge in [0.05, 0.1) is 24.4 Å². The van der Waals surface area contributed by atoms with Gasteiger partial charge in [0.2, 0.25) is 5.91 Å². The number of carbonyl (C=O) groups is 1. The highest BCUT2D eigenvalue weighted by atomic mass is 16.2. The number of hydrogen-bond donors (Lipinski definition) is 0. The molecule has 0 atom stereocenters. The number of aromatic nitrogens is 3. The number of hydrogen-bond acceptors (Lipinski definition) is 4. The largest absolute Gasteiger partial charge is 0.338 e. The van der Waals surface area contributed by atoms with E-state index < -0.39 is 0 Å². The summed E-state index contributed by atoms with van der Waals surface area (Å²) in [5.41, 5.74) is 6.64. The second kappa shape index (κ2) is 6.86. The minimum absolute atomic E-state index is 0.141. The molecule has 1 amide bonds. The van der Waals surface area contributed by atoms with Crippen LogP contribution in [0.25, 0.3) is 0 Å². The molecule has 6 heteroatoms. The molecule has 0 aromatic carbocycles. The highest BCUT2D eigenvalue weighted by Crippen LogP contribution is 2.27. The quantitative estimate of drug-likeness (QED) is 0.850. The summed E-state index contributed by atoms with van der Waals surface area (Å²) >= 11 is 0. The molecule has 0 saturated heterocycles. The van der Waals surface area contributed by atoms with Crippen LogP contribution < -0.4 is 0 Å². The monoisotopic (exact) mass is 349 g/mol. The van der Waals surface area contributed by atoms with Crippen molar-refractivity contribution >= 4 is 11.6 Å². The summed E-state index contributed by atoms with van der Waals surface area (Å²) in [6, 6.07) is 3.96. The Morgan fingerprint density at radius 2 is 2.08 bits per heavy atom. The maximum Gasteiger partial charge on any atom is 0.228 e. The summed E-state index contributed by atoms with van der Waals surface area (Å²) in [4.78, 5) is 23.6. The lowest BCUT2D eigenvalue weighted by atomic mass is 9.95. The average Bonchev–Trinajstić information content (AvgIpc) is 3.25. The minimum atomic E-state index is 0.141. The van der Waals surface area contributed by atoms with Crippen LogP contribution in [0.3, 0.4) is 0 Å². The molecule has 26 heavy (non-hydrogen) atoms. The van der Waals surface area contributed by atoms with Crippen molar-refractivity contribution in [1.82, 2.24) is 19.7 Å². The minimum Gasteiger partial charge on any atom is -0.338 e. The molecule has 0 radical (unpaired) electrons. The van der Waals surface area contributed by atoms with Crippen LogP contribution in [-0.2, 0) is 17.8 Å². The molecule has 2 aromatic rings. The number of aliphatic imine (C=N–C) groups is 1. The van der Waals surface area contributed by atoms with Crippen LogP contribution in [0.1, 0.15) is 30.2 Å². The Labute approximate surface area is 153 Å². The van der Waals surface area contributed by atoms with E-state index in [1.54, 1.807) is 12.4 Å². The number of rotatable bonds is 4. The number of carbonyl (C=O) groups excluding carboxylic acids is 1. The van der Waals surface area contributed by atoms with Gasteiger partial charge in [-0.05, 0) is 49.1 Å². The zero-order valence-electron chi connectivity index (χ0n) is 15.3. The molecule has 0 saturated carbocycles. The molecule has 0 unspecified atom stereocenters. The Morgan fingerprint density at radius 1 is 1.27 bits per heavy atom. The summed E-state index contributed by atoms with van der Waals surface area (Å²) in [6.45, 7) is 7.06. The summed E-state index contributed by atoms with van der Waals surface area (Å²) in [5, 5.41) is 4.52. The zero-order chi connectivity index (χ0) is 18.1. The third kappa shape index (κ3) is 3.07. The maximum atomic E-state index is 12.9. The molecule has 2 aliphatic heterocycles. The third-order valence-electron chi connectivity index (χ3n) is 5.17. The van der Waals surface area contributed by atoms with Crippen LogP contribution in [0, 0.1) is 6.92 Å². The van der Waals surface area contributed by atoms with Crippen molar-refractivity contribution in [3.05, 3.63) is 58.7 Å². The van der Waals surface area contributed by atoms with Crippen LogP contribution in [0.2, 0.25) is 0 Å². The highest BCUT2D eigenvalue weighted by molar-refractivity contribution is 6.15. The predicted molar refractivity (Wildman–Crippen MR) is 100 cm³/mol. The van der Waals surface area contributed by atoms with Gasteiger partial charge in [0.1, 0.15) is 0 Å². The normalized spacial score (nSPS) is 16.7. The highest BCUT2D eigenvalue weighted by Gasteiger charge is 2.29. The summed E-state index contributed by atoms with van der Waals surface area (Å²) in [7, 11) is 0. The molecule has 2 aromatic heterocycles. The lowest BCUT2D eigenvalue weighted by Crippen LogP contribution is -2.39. The Morgan fingerprint density at radius 3 is 2.81 bits per heavy atom. The first-order valence-electron chi connectivity index (χ1n) is 9.12. The van der Waals surface area contributed by atoms with Crippen molar-refractivity contribution in [2.45, 2.75) is 33.2 Å². The van der Waals surface area contributed by atoms with E-state index >= 15 is 0 Å². The van der Waals surface area contributed by atoms with E-state index in [-0.39, 0.29) is 5.91 Å². The molecule has 0 aliphatic carbocycles. The van der Waals surface area contributed by atoms with E-state index in [1.165, 1.54) is 11.1 Å². The molecule has 0 fully saturated rings. The van der Waals surface area contributed by atoms with E-state index in [1.807, 2.05) is 34.8 Å². The van der Waals surface area contributed by atoms with Crippen molar-refractivity contribution in [3.63, 3.8) is 0 Å². The molecule has 4 rings (SSSR count). The van der Waals surface area contributed by atoms with Gasteiger partial charge in [0.25, 0.3) is 0 Å². The van der Waals surface area contributed by atoms with Gasteiger partial charge in [-0.25, -0.2) is 0 Å². The van der Waals surface area contributed by atoms with E-state index in [4.69, 9.17) is 4.99 Å². The molecule has 0 bridgehead atoms. The second-order valence-electron chi connectivity index (χ2n) is 6.84. The standard InChI is InChI=1S/C20H23N5O/c1-3-25-12-14(2)18(23-25)10-19(26)24-9-6-16-11-22-20(17(16)13-24)15-4-7-21-8-5-15/h4-5,7-8,12H,3,6,9-11,13H2,1-2H3. The Bertz CT molecular complexity index is 894. The zero-order valence-corrected chi connectivity index (χ0v) is 15.3. The van der Waals surface area contributed by atoms with E-state index in [0.29, 0.717) is 13.0 Å². The van der Waals surface area contributed by atoms with Gasteiger partial charge in [-0.2, -0.15) is 5.10 Å². The fraction of sp³-hybridized carbons (Fsp3) is 0.400. The molecular formula is C20H23N5O. The summed E-state index contributed by atoms with van der Waals surface area (Å²) in [5.74, 6) is 0.141. The van der Waals surface area contributed by atoms with Gasteiger partial charge in [-0.1, -0.05) is 0 Å². The van der Waals surface area contributed by atoms with Crippen molar-refractivity contribution in [1.29, 1.82) is 0 Å². The number of pyridine rings is 1. The van der Waals surface area contributed by atoms with Crippen molar-refractivity contribution in [2.24, 2.45) is 4.99 Å². The van der Waals surface area contributed by atoms with Gasteiger partial charge in [-0.15, -0.1) is 0 Å². The molecule has 4 heterocycles. The number of aryl methyl sites for hydroxylation is 2. The Hall–Kier alpha value is -2.76. The first-order chi connectivity index (χ1) is 12.7. The molecule has 134 valence electrons. The molecule has 2 aliphatic rings. The molecule has 0 N–H and O–H groups in total. The fourth-order valence-electron chi connectivity index (χ4n) is 3.63. The smallest absolute Gasteiger partial charge is 0.228 e. The van der Waals surface area contributed by atoms with E-state index in [0.717, 1.165) is 48.6 Å². The van der Waals surface area contributed by atoms with Gasteiger partial charge in [0.15, 0.2) is 0 Å². The van der Waals surface area contributed by atoms with Crippen LogP contribution >= 0.6 is 0 Å². The summed E-state index contributed by atoms with van der Waals surface area (Å²) < 4.78 is 1.89. The lowest BCUT2D eigenvalue weighted by molar-refractivity contribution is -0.130. The number of nitrogens with zero attached hydrogens (tertiary/aromatic N) is 5. The molecule has 6 nitrogen and oxygen atoms in total. The van der Waals surface area contributed by atoms with Crippen LogP contribution in [0.15, 0.2) is 46.9 Å². The van der Waals surface area contributed by atoms with Crippen molar-refractivity contribution in [2.75, 3.05) is 19.6 Å². The lowest BCUT2D eigenvalue weighted by Gasteiger charge is -2.29. The SMILES string of the molecule is CCn1cc(C)c(CC(=O)N2CCC3=C(C2)C(c2ccncc2)=NC3)n1. The second-order valence-corrected chi connectivity index (χ2v) is 6.84. The number of amides is 1. The first-order valence-corrected chi connectivity index (χ1v) is 9.12. The van der Waals surface area contributed by atoms with E-state index in [2.05, 4.69) is 17.0 Å².